The molecule has 0 bridgehead atoms. The molecule has 206 valence electrons. The van der Waals surface area contributed by atoms with Gasteiger partial charge in [-0.25, -0.2) is 0 Å². The summed E-state index contributed by atoms with van der Waals surface area (Å²) in [4.78, 5) is 27.5. The molecule has 0 unspecified atom stereocenters. The first-order valence-electron chi connectivity index (χ1n) is 13.4. The van der Waals surface area contributed by atoms with E-state index in [0.29, 0.717) is 29.2 Å². The minimum absolute atomic E-state index is 0.0387. The summed E-state index contributed by atoms with van der Waals surface area (Å²) >= 11 is 0. The molecule has 2 amide bonds. The summed E-state index contributed by atoms with van der Waals surface area (Å²) in [6.07, 6.45) is 3.07. The van der Waals surface area contributed by atoms with E-state index in [4.69, 9.17) is 5.11 Å². The van der Waals surface area contributed by atoms with Gasteiger partial charge in [-0.1, -0.05) is 0 Å². The number of aliphatic hydroxyl groups excluding tert-OH is 2. The molecule has 0 radical (unpaired) electrons. The van der Waals surface area contributed by atoms with Crippen molar-refractivity contribution in [3.05, 3.63) is 102 Å². The molecule has 4 aromatic rings. The summed E-state index contributed by atoms with van der Waals surface area (Å²) < 4.78 is 1.71. The summed E-state index contributed by atoms with van der Waals surface area (Å²) in [5.74, 6) is -0.418. The van der Waals surface area contributed by atoms with Crippen LogP contribution in [0.3, 0.4) is 0 Å². The highest BCUT2D eigenvalue weighted by Gasteiger charge is 2.17. The zero-order chi connectivity index (χ0) is 27.9. The van der Waals surface area contributed by atoms with Crippen LogP contribution in [0.5, 0.6) is 0 Å². The lowest BCUT2D eigenvalue weighted by Gasteiger charge is -2.31. The molecule has 1 saturated heterocycles. The van der Waals surface area contributed by atoms with E-state index in [1.807, 2.05) is 72.8 Å². The highest BCUT2D eigenvalue weighted by atomic mass is 16.3. The Bertz CT molecular complexity index is 1420. The van der Waals surface area contributed by atoms with Gasteiger partial charge < -0.3 is 35.6 Å². The minimum Gasteiger partial charge on any atom is -0.395 e. The lowest BCUT2D eigenvalue weighted by Crippen LogP contribution is -2.35. The van der Waals surface area contributed by atoms with Gasteiger partial charge in [0.2, 0.25) is 0 Å². The van der Waals surface area contributed by atoms with Crippen LogP contribution in [0.4, 0.5) is 28.4 Å². The number of anilines is 5. The third-order valence-electron chi connectivity index (χ3n) is 6.94. The summed E-state index contributed by atoms with van der Waals surface area (Å²) in [7, 11) is 0. The second kappa shape index (κ2) is 12.5. The Morgan fingerprint density at radius 1 is 0.750 bits per heavy atom. The fourth-order valence-corrected chi connectivity index (χ4v) is 4.71. The molecule has 5 rings (SSSR count). The zero-order valence-electron chi connectivity index (χ0n) is 22.1. The number of aromatic nitrogens is 1. The zero-order valence-corrected chi connectivity index (χ0v) is 22.1. The SMILES string of the molecule is O=C(Nc1ccc(Nc2ccc(NC(=O)c3cccn3CCO)cc2)cc1)c1ccc(N2CCC(O)CC2)cc1. The van der Waals surface area contributed by atoms with Crippen LogP contribution in [0.2, 0.25) is 0 Å². The van der Waals surface area contributed by atoms with Gasteiger partial charge in [-0.3, -0.25) is 9.59 Å². The van der Waals surface area contributed by atoms with Crippen LogP contribution < -0.4 is 20.9 Å². The normalized spacial score (nSPS) is 13.6. The first-order valence-corrected chi connectivity index (χ1v) is 13.4. The molecule has 0 atom stereocenters. The minimum atomic E-state index is -0.240. The molecule has 0 aliphatic carbocycles. The lowest BCUT2D eigenvalue weighted by atomic mass is 10.1. The van der Waals surface area contributed by atoms with Crippen molar-refractivity contribution < 1.29 is 19.8 Å². The maximum Gasteiger partial charge on any atom is 0.272 e. The number of aliphatic hydroxyl groups is 2. The number of amides is 2. The molecule has 0 saturated carbocycles. The smallest absolute Gasteiger partial charge is 0.272 e. The molecule has 1 aliphatic rings. The Morgan fingerprint density at radius 2 is 1.30 bits per heavy atom. The van der Waals surface area contributed by atoms with Crippen molar-refractivity contribution in [3.8, 4) is 0 Å². The van der Waals surface area contributed by atoms with E-state index in [0.717, 1.165) is 43.0 Å². The predicted octanol–water partition coefficient (Wildman–Crippen LogP) is 4.69. The molecule has 3 aromatic carbocycles. The van der Waals surface area contributed by atoms with Crippen LogP contribution in [0.1, 0.15) is 33.7 Å². The fraction of sp³-hybridized carbons (Fsp3) is 0.226. The van der Waals surface area contributed by atoms with E-state index in [-0.39, 0.29) is 24.5 Å². The van der Waals surface area contributed by atoms with Gasteiger partial charge in [-0.2, -0.15) is 0 Å². The van der Waals surface area contributed by atoms with Gasteiger partial charge in [0.15, 0.2) is 0 Å². The molecule has 9 nitrogen and oxygen atoms in total. The van der Waals surface area contributed by atoms with E-state index >= 15 is 0 Å². The van der Waals surface area contributed by atoms with Gasteiger partial charge in [-0.15, -0.1) is 0 Å². The van der Waals surface area contributed by atoms with Crippen molar-refractivity contribution in [1.29, 1.82) is 0 Å². The summed E-state index contributed by atoms with van der Waals surface area (Å²) in [5.41, 5.74) is 5.18. The first-order chi connectivity index (χ1) is 19.5. The number of nitrogens with one attached hydrogen (secondary N) is 3. The topological polar surface area (TPSA) is 119 Å². The van der Waals surface area contributed by atoms with E-state index in [9.17, 15) is 14.7 Å². The van der Waals surface area contributed by atoms with Gasteiger partial charge in [-0.05, 0) is 97.8 Å². The number of nitrogens with zero attached hydrogens (tertiary/aromatic N) is 2. The van der Waals surface area contributed by atoms with E-state index in [1.54, 1.807) is 22.9 Å². The quantitative estimate of drug-likeness (QED) is 0.211. The highest BCUT2D eigenvalue weighted by Crippen LogP contribution is 2.23. The number of hydrogen-bond acceptors (Lipinski definition) is 6. The van der Waals surface area contributed by atoms with E-state index < -0.39 is 0 Å². The number of piperidine rings is 1. The Morgan fingerprint density at radius 3 is 1.88 bits per heavy atom. The van der Waals surface area contributed by atoms with Crippen LogP contribution in [0.15, 0.2) is 91.1 Å². The van der Waals surface area contributed by atoms with Crippen molar-refractivity contribution in [2.45, 2.75) is 25.5 Å². The Kier molecular flexibility index (Phi) is 8.44. The van der Waals surface area contributed by atoms with Gasteiger partial charge >= 0.3 is 0 Å². The van der Waals surface area contributed by atoms with Crippen molar-refractivity contribution in [1.82, 2.24) is 4.57 Å². The number of carbonyl (C=O) groups is 2. The summed E-state index contributed by atoms with van der Waals surface area (Å²) in [6, 6.07) is 25.8. The molecular formula is C31H33N5O4. The van der Waals surface area contributed by atoms with Crippen LogP contribution >= 0.6 is 0 Å². The first kappa shape index (κ1) is 27.0. The molecule has 9 heteroatoms. The standard InChI is InChI=1S/C31H33N5O4/c37-21-20-36-17-1-2-29(36)31(40)34-26-11-7-24(8-12-26)32-23-5-9-25(10-6-23)33-30(39)22-3-13-27(14-4-22)35-18-15-28(38)16-19-35/h1-14,17,28,32,37-38H,15-16,18-21H2,(H,33,39)(H,34,40). The number of carbonyl (C=O) groups excluding carboxylic acids is 2. The number of hydrogen-bond donors (Lipinski definition) is 5. The Hall–Kier alpha value is -4.60. The molecule has 2 heterocycles. The van der Waals surface area contributed by atoms with Crippen LogP contribution in [-0.2, 0) is 6.54 Å². The van der Waals surface area contributed by atoms with Crippen molar-refractivity contribution in [2.24, 2.45) is 0 Å². The predicted molar refractivity (Wildman–Crippen MR) is 157 cm³/mol. The molecule has 1 fully saturated rings. The molecular weight excluding hydrogens is 506 g/mol. The van der Waals surface area contributed by atoms with Crippen molar-refractivity contribution in [2.75, 3.05) is 40.5 Å². The van der Waals surface area contributed by atoms with E-state index in [1.165, 1.54) is 0 Å². The van der Waals surface area contributed by atoms with Crippen molar-refractivity contribution >= 4 is 40.3 Å². The maximum atomic E-state index is 12.7. The average Bonchev–Trinajstić information content (AvgIpc) is 3.44. The third kappa shape index (κ3) is 6.69. The van der Waals surface area contributed by atoms with E-state index in [2.05, 4.69) is 20.9 Å². The Labute approximate surface area is 233 Å². The van der Waals surface area contributed by atoms with Crippen LogP contribution in [-0.4, -0.2) is 52.4 Å². The monoisotopic (exact) mass is 539 g/mol. The van der Waals surface area contributed by atoms with Crippen LogP contribution in [0, 0.1) is 0 Å². The number of rotatable bonds is 9. The average molecular weight is 540 g/mol. The Balaban J connectivity index is 1.12. The second-order valence-corrected chi connectivity index (χ2v) is 9.76. The van der Waals surface area contributed by atoms with Gasteiger partial charge in [0.25, 0.3) is 11.8 Å². The van der Waals surface area contributed by atoms with Gasteiger partial charge in [0.1, 0.15) is 5.69 Å². The molecule has 1 aromatic heterocycles. The highest BCUT2D eigenvalue weighted by molar-refractivity contribution is 6.04. The van der Waals surface area contributed by atoms with Crippen molar-refractivity contribution in [3.63, 3.8) is 0 Å². The summed E-state index contributed by atoms with van der Waals surface area (Å²) in [6.45, 7) is 1.95. The molecule has 0 spiro atoms. The maximum absolute atomic E-state index is 12.7. The van der Waals surface area contributed by atoms with Gasteiger partial charge in [0.05, 0.1) is 12.7 Å². The third-order valence-corrected chi connectivity index (χ3v) is 6.94. The second-order valence-electron chi connectivity index (χ2n) is 9.76. The summed E-state index contributed by atoms with van der Waals surface area (Å²) in [5, 5.41) is 28.0. The molecule has 1 aliphatic heterocycles. The van der Waals surface area contributed by atoms with Crippen LogP contribution in [0.25, 0.3) is 0 Å². The van der Waals surface area contributed by atoms with Gasteiger partial charge in [0, 0.05) is 59.8 Å². The molecule has 5 N–H and O–H groups in total. The fourth-order valence-electron chi connectivity index (χ4n) is 4.71. The molecule has 40 heavy (non-hydrogen) atoms. The largest absolute Gasteiger partial charge is 0.395 e. The lowest BCUT2D eigenvalue weighted by molar-refractivity contribution is 0.101. The number of benzene rings is 3.